The summed E-state index contributed by atoms with van der Waals surface area (Å²) in [5.41, 5.74) is -0.135. The molecule has 0 unspecified atom stereocenters. The lowest BCUT2D eigenvalue weighted by molar-refractivity contribution is -0.142. The second-order valence-corrected chi connectivity index (χ2v) is 9.05. The van der Waals surface area contributed by atoms with Crippen molar-refractivity contribution in [1.29, 1.82) is 0 Å². The van der Waals surface area contributed by atoms with E-state index in [4.69, 9.17) is 9.47 Å². The van der Waals surface area contributed by atoms with E-state index < -0.39 is 23.3 Å². The molecule has 0 N–H and O–H groups in total. The Morgan fingerprint density at radius 2 is 1.90 bits per heavy atom. The molecule has 1 fully saturated rings. The molecule has 0 bridgehead atoms. The summed E-state index contributed by atoms with van der Waals surface area (Å²) < 4.78 is 38.1. The van der Waals surface area contributed by atoms with Crippen LogP contribution in [0.15, 0.2) is 29.0 Å². The van der Waals surface area contributed by atoms with Crippen molar-refractivity contribution in [2.45, 2.75) is 45.3 Å². The summed E-state index contributed by atoms with van der Waals surface area (Å²) in [5, 5.41) is 0. The predicted molar refractivity (Wildman–Crippen MR) is 111 cm³/mol. The summed E-state index contributed by atoms with van der Waals surface area (Å²) >= 11 is 3.03. The first-order chi connectivity index (χ1) is 14.5. The van der Waals surface area contributed by atoms with Gasteiger partial charge in [-0.3, -0.25) is 14.7 Å². The highest BCUT2D eigenvalue weighted by Gasteiger charge is 2.46. The van der Waals surface area contributed by atoms with Crippen LogP contribution in [0.1, 0.15) is 44.4 Å². The Morgan fingerprint density at radius 1 is 1.19 bits per heavy atom. The average Bonchev–Trinajstić information content (AvgIpc) is 3.49. The maximum absolute atomic E-state index is 14.3. The normalized spacial score (nSPS) is 17.8. The van der Waals surface area contributed by atoms with Gasteiger partial charge in [-0.1, -0.05) is 0 Å². The number of hydrogen-bond acceptors (Lipinski definition) is 6. The van der Waals surface area contributed by atoms with Gasteiger partial charge in [0.15, 0.2) is 5.82 Å². The number of aromatic nitrogens is 2. The van der Waals surface area contributed by atoms with Crippen molar-refractivity contribution in [3.05, 3.63) is 51.9 Å². The van der Waals surface area contributed by atoms with E-state index in [9.17, 15) is 18.4 Å². The Balaban J connectivity index is 1.87. The molecule has 1 aliphatic rings. The van der Waals surface area contributed by atoms with Crippen LogP contribution in [0.2, 0.25) is 0 Å². The number of benzene rings is 1. The van der Waals surface area contributed by atoms with Crippen molar-refractivity contribution in [2.24, 2.45) is 5.92 Å². The zero-order valence-corrected chi connectivity index (χ0v) is 19.1. The van der Waals surface area contributed by atoms with E-state index in [1.54, 1.807) is 20.8 Å². The highest BCUT2D eigenvalue weighted by molar-refractivity contribution is 9.10. The van der Waals surface area contributed by atoms with Gasteiger partial charge in [-0.25, -0.2) is 18.6 Å². The molecule has 0 aliphatic heterocycles. The van der Waals surface area contributed by atoms with E-state index in [1.165, 1.54) is 25.6 Å². The molecule has 1 amide bonds. The minimum Gasteiger partial charge on any atom is -0.469 e. The molecular formula is C21H22BrF2N3O4. The smallest absolute Gasteiger partial charge is 0.416 e. The highest BCUT2D eigenvalue weighted by atomic mass is 79.9. The van der Waals surface area contributed by atoms with Gasteiger partial charge in [0.1, 0.15) is 17.2 Å². The fraction of sp³-hybridized carbons (Fsp3) is 0.429. The fourth-order valence-corrected chi connectivity index (χ4v) is 3.40. The Hall–Kier alpha value is -2.62. The molecule has 0 saturated heterocycles. The number of carbonyl (C=O) groups excluding carboxylic acids is 2. The molecule has 2 aromatic rings. The van der Waals surface area contributed by atoms with Crippen LogP contribution in [-0.2, 0) is 20.8 Å². The molecule has 0 radical (unpaired) electrons. The third-order valence-electron chi connectivity index (χ3n) is 4.64. The van der Waals surface area contributed by atoms with Gasteiger partial charge in [0.05, 0.1) is 42.1 Å². The summed E-state index contributed by atoms with van der Waals surface area (Å²) in [6.07, 6.45) is 2.69. The number of carbonyl (C=O) groups is 2. The molecule has 166 valence electrons. The van der Waals surface area contributed by atoms with Crippen LogP contribution in [0.5, 0.6) is 0 Å². The Bertz CT molecular complexity index is 995. The number of methoxy groups -OCH3 is 1. The average molecular weight is 498 g/mol. The van der Waals surface area contributed by atoms with Crippen molar-refractivity contribution >= 4 is 33.8 Å². The van der Waals surface area contributed by atoms with Gasteiger partial charge < -0.3 is 9.47 Å². The van der Waals surface area contributed by atoms with Crippen LogP contribution in [-0.4, -0.2) is 34.7 Å². The Labute approximate surface area is 186 Å². The van der Waals surface area contributed by atoms with E-state index in [-0.39, 0.29) is 40.2 Å². The van der Waals surface area contributed by atoms with E-state index in [0.717, 1.165) is 11.0 Å². The molecule has 7 nitrogen and oxygen atoms in total. The first-order valence-electron chi connectivity index (χ1n) is 9.54. The van der Waals surface area contributed by atoms with Crippen molar-refractivity contribution in [3.63, 3.8) is 0 Å². The zero-order valence-electron chi connectivity index (χ0n) is 17.5. The second-order valence-electron chi connectivity index (χ2n) is 8.20. The summed E-state index contributed by atoms with van der Waals surface area (Å²) in [6.45, 7) is 4.86. The number of amides is 1. The molecule has 1 heterocycles. The van der Waals surface area contributed by atoms with Gasteiger partial charge in [-0.05, 0) is 49.2 Å². The maximum Gasteiger partial charge on any atom is 0.416 e. The summed E-state index contributed by atoms with van der Waals surface area (Å²) in [7, 11) is 1.33. The van der Waals surface area contributed by atoms with Crippen molar-refractivity contribution < 1.29 is 27.8 Å². The molecule has 1 saturated carbocycles. The number of halogens is 3. The van der Waals surface area contributed by atoms with Gasteiger partial charge in [0.2, 0.25) is 0 Å². The topological polar surface area (TPSA) is 81.6 Å². The largest absolute Gasteiger partial charge is 0.469 e. The molecule has 1 aromatic carbocycles. The Kier molecular flexibility index (Phi) is 6.59. The lowest BCUT2D eigenvalue weighted by Crippen LogP contribution is -2.37. The Morgan fingerprint density at radius 3 is 2.48 bits per heavy atom. The van der Waals surface area contributed by atoms with Gasteiger partial charge >= 0.3 is 12.1 Å². The minimum atomic E-state index is -0.808. The molecule has 1 aliphatic carbocycles. The summed E-state index contributed by atoms with van der Waals surface area (Å²) in [6, 6.07) is 2.00. The molecule has 3 rings (SSSR count). The van der Waals surface area contributed by atoms with Crippen LogP contribution in [0.4, 0.5) is 19.4 Å². The zero-order chi connectivity index (χ0) is 22.9. The van der Waals surface area contributed by atoms with Crippen molar-refractivity contribution in [2.75, 3.05) is 12.0 Å². The third kappa shape index (κ3) is 5.55. The van der Waals surface area contributed by atoms with Crippen LogP contribution in [0.25, 0.3) is 0 Å². The van der Waals surface area contributed by atoms with Crippen molar-refractivity contribution in [1.82, 2.24) is 9.97 Å². The SMILES string of the molecule is COC(=O)[C@H]1C[C@@H]1c1cnc(N(Cc2cc(Br)c(F)cc2F)C(=O)OC(C)(C)C)cn1. The molecular weight excluding hydrogens is 476 g/mol. The van der Waals surface area contributed by atoms with Crippen LogP contribution in [0, 0.1) is 17.6 Å². The highest BCUT2D eigenvalue weighted by Crippen LogP contribution is 2.47. The monoisotopic (exact) mass is 497 g/mol. The second kappa shape index (κ2) is 8.86. The molecule has 31 heavy (non-hydrogen) atoms. The first-order valence-corrected chi connectivity index (χ1v) is 10.3. The molecule has 2 atom stereocenters. The quantitative estimate of drug-likeness (QED) is 0.438. The number of rotatable bonds is 5. The van der Waals surface area contributed by atoms with Gasteiger partial charge in [0, 0.05) is 17.5 Å². The molecule has 10 heteroatoms. The summed E-state index contributed by atoms with van der Waals surface area (Å²) in [4.78, 5) is 34.2. The predicted octanol–water partition coefficient (Wildman–Crippen LogP) is 4.74. The van der Waals surface area contributed by atoms with E-state index >= 15 is 0 Å². The van der Waals surface area contributed by atoms with Crippen LogP contribution < -0.4 is 4.90 Å². The number of ether oxygens (including phenoxy) is 2. The van der Waals surface area contributed by atoms with Gasteiger partial charge in [-0.15, -0.1) is 0 Å². The number of anilines is 1. The van der Waals surface area contributed by atoms with Crippen LogP contribution in [0.3, 0.4) is 0 Å². The third-order valence-corrected chi connectivity index (χ3v) is 5.25. The van der Waals surface area contributed by atoms with Crippen LogP contribution >= 0.6 is 15.9 Å². The van der Waals surface area contributed by atoms with E-state index in [1.807, 2.05) is 0 Å². The number of esters is 1. The lowest BCUT2D eigenvalue weighted by atomic mass is 10.2. The fourth-order valence-electron chi connectivity index (χ4n) is 3.01. The maximum atomic E-state index is 14.3. The van der Waals surface area contributed by atoms with Gasteiger partial charge in [0.25, 0.3) is 0 Å². The standard InChI is InChI=1S/C21H22BrF2N3O4/c1-21(2,3)31-20(29)27(10-11-5-14(22)16(24)7-15(11)23)18-9-25-17(8-26-18)12-6-13(12)19(28)30-4/h5,7-9,12-13H,6,10H2,1-4H3/t12-,13-/m0/s1. The molecule has 0 spiro atoms. The van der Waals surface area contributed by atoms with Crippen molar-refractivity contribution in [3.8, 4) is 0 Å². The number of nitrogens with zero attached hydrogens (tertiary/aromatic N) is 3. The minimum absolute atomic E-state index is 0.0667. The first kappa shape index (κ1) is 23.1. The molecule has 1 aromatic heterocycles. The van der Waals surface area contributed by atoms with E-state index in [0.29, 0.717) is 12.1 Å². The van der Waals surface area contributed by atoms with E-state index in [2.05, 4.69) is 25.9 Å². The lowest BCUT2D eigenvalue weighted by Gasteiger charge is -2.27. The number of hydrogen-bond donors (Lipinski definition) is 0. The van der Waals surface area contributed by atoms with Gasteiger partial charge in [-0.2, -0.15) is 0 Å². The summed E-state index contributed by atoms with van der Waals surface area (Å²) in [5.74, 6) is -2.07.